The van der Waals surface area contributed by atoms with Crippen LogP contribution < -0.4 is 10.6 Å². The number of rotatable bonds is 1. The van der Waals surface area contributed by atoms with Gasteiger partial charge in [-0.2, -0.15) is 0 Å². The van der Waals surface area contributed by atoms with Crippen molar-refractivity contribution in [3.63, 3.8) is 0 Å². The molecule has 0 radical (unpaired) electrons. The first-order valence-corrected chi connectivity index (χ1v) is 7.22. The molecule has 0 amide bonds. The molecular weight excluding hydrogens is 246 g/mol. The second-order valence-corrected chi connectivity index (χ2v) is 5.51. The van der Waals surface area contributed by atoms with E-state index in [-0.39, 0.29) is 6.04 Å². The van der Waals surface area contributed by atoms with E-state index in [1.165, 1.54) is 0 Å². The predicted molar refractivity (Wildman–Crippen MR) is 73.4 cm³/mol. The van der Waals surface area contributed by atoms with Crippen LogP contribution in [0.2, 0.25) is 0 Å². The molecule has 3 N–H and O–H groups in total. The quantitative estimate of drug-likeness (QED) is 0.549. The van der Waals surface area contributed by atoms with E-state index < -0.39 is 5.60 Å². The fraction of sp³-hybridized carbons (Fsp3) is 1.00. The largest absolute Gasteiger partial charge is 0.383 e. The predicted octanol–water partition coefficient (Wildman–Crippen LogP) is -1.35. The normalized spacial score (nSPS) is 31.6. The van der Waals surface area contributed by atoms with Crippen molar-refractivity contribution in [2.45, 2.75) is 18.1 Å². The van der Waals surface area contributed by atoms with Crippen molar-refractivity contribution in [1.82, 2.24) is 15.5 Å². The topological polar surface area (TPSA) is 66.0 Å². The Balaban J connectivity index is 2.03. The molecule has 0 aromatic rings. The average molecular weight is 273 g/mol. The van der Waals surface area contributed by atoms with Crippen molar-refractivity contribution in [2.24, 2.45) is 0 Å². The molecule has 6 heteroatoms. The summed E-state index contributed by atoms with van der Waals surface area (Å²) in [5, 5.41) is 17.7. The molecule has 1 atom stereocenters. The Hall–Kier alpha value is -0.240. The van der Waals surface area contributed by atoms with Gasteiger partial charge >= 0.3 is 0 Å². The molecule has 19 heavy (non-hydrogen) atoms. The monoisotopic (exact) mass is 273 g/mol. The minimum Gasteiger partial charge on any atom is -0.383 e. The standard InChI is InChI=1S/C13H27N3O3/c1-16-6-5-14-3-4-15-9-12(16)13(17)10-18-7-2-8-19-11-13/h12,14-15,17H,2-11H2,1H3. The third-order valence-electron chi connectivity index (χ3n) is 3.89. The molecule has 0 aliphatic carbocycles. The molecular formula is C13H27N3O3. The Kier molecular flexibility index (Phi) is 6.00. The van der Waals surface area contributed by atoms with E-state index in [1.807, 2.05) is 0 Å². The fourth-order valence-electron chi connectivity index (χ4n) is 2.70. The van der Waals surface area contributed by atoms with Gasteiger partial charge < -0.3 is 25.2 Å². The molecule has 0 bridgehead atoms. The lowest BCUT2D eigenvalue weighted by Crippen LogP contribution is -2.61. The van der Waals surface area contributed by atoms with E-state index in [9.17, 15) is 5.11 Å². The first-order chi connectivity index (χ1) is 9.22. The molecule has 0 spiro atoms. The molecule has 0 aromatic carbocycles. The zero-order valence-corrected chi connectivity index (χ0v) is 11.9. The summed E-state index contributed by atoms with van der Waals surface area (Å²) in [6.45, 7) is 6.49. The number of hydrogen-bond donors (Lipinski definition) is 3. The number of aliphatic hydroxyl groups is 1. The van der Waals surface area contributed by atoms with Gasteiger partial charge in [0.05, 0.1) is 19.3 Å². The number of likely N-dealkylation sites (N-methyl/N-ethyl adjacent to an activating group) is 1. The molecule has 2 rings (SSSR count). The molecule has 6 nitrogen and oxygen atoms in total. The highest BCUT2D eigenvalue weighted by atomic mass is 16.5. The summed E-state index contributed by atoms with van der Waals surface area (Å²) in [6, 6.07) is 0.00509. The van der Waals surface area contributed by atoms with Gasteiger partial charge in [0.1, 0.15) is 5.60 Å². The number of hydrogen-bond acceptors (Lipinski definition) is 6. The van der Waals surface area contributed by atoms with Crippen molar-refractivity contribution in [1.29, 1.82) is 0 Å². The lowest BCUT2D eigenvalue weighted by molar-refractivity contribution is -0.148. The van der Waals surface area contributed by atoms with E-state index >= 15 is 0 Å². The van der Waals surface area contributed by atoms with Crippen LogP contribution >= 0.6 is 0 Å². The van der Waals surface area contributed by atoms with Crippen LogP contribution in [0.15, 0.2) is 0 Å². The van der Waals surface area contributed by atoms with Crippen molar-refractivity contribution in [3.8, 4) is 0 Å². The maximum Gasteiger partial charge on any atom is 0.128 e. The Morgan fingerprint density at radius 3 is 2.53 bits per heavy atom. The molecule has 2 heterocycles. The van der Waals surface area contributed by atoms with Crippen LogP contribution in [-0.2, 0) is 9.47 Å². The highest BCUT2D eigenvalue weighted by molar-refractivity contribution is 4.95. The number of nitrogens with zero attached hydrogens (tertiary/aromatic N) is 1. The summed E-state index contributed by atoms with van der Waals surface area (Å²) < 4.78 is 11.2. The second kappa shape index (κ2) is 7.52. The zero-order valence-electron chi connectivity index (χ0n) is 11.9. The number of ether oxygens (including phenoxy) is 2. The second-order valence-electron chi connectivity index (χ2n) is 5.51. The maximum atomic E-state index is 10.9. The molecule has 1 unspecified atom stereocenters. The lowest BCUT2D eigenvalue weighted by Gasteiger charge is -2.41. The van der Waals surface area contributed by atoms with E-state index in [1.54, 1.807) is 0 Å². The maximum absolute atomic E-state index is 10.9. The highest BCUT2D eigenvalue weighted by Crippen LogP contribution is 2.19. The Bertz CT molecular complexity index is 258. The van der Waals surface area contributed by atoms with Gasteiger partial charge in [-0.1, -0.05) is 0 Å². The summed E-state index contributed by atoms with van der Waals surface area (Å²) in [6.07, 6.45) is 0.902. The summed E-state index contributed by atoms with van der Waals surface area (Å²) in [5.41, 5.74) is -0.938. The highest BCUT2D eigenvalue weighted by Gasteiger charge is 2.40. The van der Waals surface area contributed by atoms with Crippen molar-refractivity contribution in [3.05, 3.63) is 0 Å². The summed E-state index contributed by atoms with van der Waals surface area (Å²) in [4.78, 5) is 2.19. The minimum atomic E-state index is -0.938. The van der Waals surface area contributed by atoms with Gasteiger partial charge in [0, 0.05) is 45.9 Å². The molecule has 2 aliphatic heterocycles. The SMILES string of the molecule is CN1CCNCCNCC1C1(O)COCCCOC1. The van der Waals surface area contributed by atoms with Gasteiger partial charge in [-0.3, -0.25) is 4.90 Å². The van der Waals surface area contributed by atoms with Crippen LogP contribution in [0.4, 0.5) is 0 Å². The van der Waals surface area contributed by atoms with Gasteiger partial charge in [-0.25, -0.2) is 0 Å². The fourth-order valence-corrected chi connectivity index (χ4v) is 2.70. The van der Waals surface area contributed by atoms with E-state index in [0.29, 0.717) is 26.4 Å². The average Bonchev–Trinajstić information content (AvgIpc) is 2.47. The van der Waals surface area contributed by atoms with E-state index in [2.05, 4.69) is 22.6 Å². The Morgan fingerprint density at radius 1 is 1.11 bits per heavy atom. The van der Waals surface area contributed by atoms with Crippen LogP contribution in [0.5, 0.6) is 0 Å². The van der Waals surface area contributed by atoms with Crippen molar-refractivity contribution >= 4 is 0 Å². The molecule has 0 aromatic heterocycles. The molecule has 2 fully saturated rings. The van der Waals surface area contributed by atoms with Gasteiger partial charge in [0.2, 0.25) is 0 Å². The Labute approximate surface area is 115 Å². The summed E-state index contributed by atoms with van der Waals surface area (Å²) >= 11 is 0. The summed E-state index contributed by atoms with van der Waals surface area (Å²) in [7, 11) is 2.05. The first kappa shape index (κ1) is 15.2. The van der Waals surface area contributed by atoms with Crippen LogP contribution in [0.3, 0.4) is 0 Å². The molecule has 0 saturated carbocycles. The molecule has 2 saturated heterocycles. The van der Waals surface area contributed by atoms with Gasteiger partial charge in [-0.05, 0) is 13.5 Å². The van der Waals surface area contributed by atoms with E-state index in [4.69, 9.17) is 9.47 Å². The van der Waals surface area contributed by atoms with Gasteiger partial charge in [-0.15, -0.1) is 0 Å². The van der Waals surface area contributed by atoms with Crippen LogP contribution in [-0.4, -0.2) is 87.8 Å². The zero-order chi connectivity index (χ0) is 13.6. The van der Waals surface area contributed by atoms with Crippen LogP contribution in [0.1, 0.15) is 6.42 Å². The van der Waals surface area contributed by atoms with Crippen molar-refractivity contribution < 1.29 is 14.6 Å². The molecule has 112 valence electrons. The molecule has 2 aliphatic rings. The minimum absolute atomic E-state index is 0.00509. The van der Waals surface area contributed by atoms with Crippen LogP contribution in [0, 0.1) is 0 Å². The van der Waals surface area contributed by atoms with Gasteiger partial charge in [0.15, 0.2) is 0 Å². The lowest BCUT2D eigenvalue weighted by atomic mass is 9.94. The third kappa shape index (κ3) is 4.37. The van der Waals surface area contributed by atoms with Gasteiger partial charge in [0.25, 0.3) is 0 Å². The van der Waals surface area contributed by atoms with Crippen molar-refractivity contribution in [2.75, 3.05) is 66.2 Å². The smallest absolute Gasteiger partial charge is 0.128 e. The number of nitrogens with one attached hydrogen (secondary N) is 2. The summed E-state index contributed by atoms with van der Waals surface area (Å²) in [5.74, 6) is 0. The first-order valence-electron chi connectivity index (χ1n) is 7.22. The van der Waals surface area contributed by atoms with E-state index in [0.717, 1.165) is 39.1 Å². The third-order valence-corrected chi connectivity index (χ3v) is 3.89. The van der Waals surface area contributed by atoms with Crippen LogP contribution in [0.25, 0.3) is 0 Å². The Morgan fingerprint density at radius 2 is 1.79 bits per heavy atom.